The topological polar surface area (TPSA) is 130 Å². The molecule has 0 aliphatic carbocycles. The molecule has 1 aromatic carbocycles. The fourth-order valence-corrected chi connectivity index (χ4v) is 2.03. The van der Waals surface area contributed by atoms with E-state index < -0.39 is 23.5 Å². The van der Waals surface area contributed by atoms with Crippen molar-refractivity contribution in [3.05, 3.63) is 53.9 Å². The molecule has 0 aliphatic rings. The Morgan fingerprint density at radius 3 is 2.11 bits per heavy atom. The van der Waals surface area contributed by atoms with Gasteiger partial charge in [-0.2, -0.15) is 0 Å². The maximum atomic E-state index is 12.4. The molecular formula is C18H20N4O5. The summed E-state index contributed by atoms with van der Waals surface area (Å²) in [4.78, 5) is 39.4. The molecule has 9 heteroatoms. The van der Waals surface area contributed by atoms with Gasteiger partial charge in [-0.1, -0.05) is 12.1 Å². The highest BCUT2D eigenvalue weighted by Crippen LogP contribution is 2.22. The predicted octanol–water partition coefficient (Wildman–Crippen LogP) is 2.80. The van der Waals surface area contributed by atoms with Gasteiger partial charge in [0, 0.05) is 6.20 Å². The number of carbonyl (C=O) groups excluding carboxylic acids is 3. The Labute approximate surface area is 155 Å². The highest BCUT2D eigenvalue weighted by Gasteiger charge is 2.18. The van der Waals surface area contributed by atoms with Gasteiger partial charge < -0.3 is 10.1 Å². The predicted molar refractivity (Wildman–Crippen MR) is 97.7 cm³/mol. The van der Waals surface area contributed by atoms with E-state index in [0.29, 0.717) is 11.4 Å². The van der Waals surface area contributed by atoms with Crippen LogP contribution in [0.2, 0.25) is 0 Å². The van der Waals surface area contributed by atoms with Crippen LogP contribution in [0.5, 0.6) is 0 Å². The maximum Gasteiger partial charge on any atom is 0.412 e. The van der Waals surface area contributed by atoms with Gasteiger partial charge in [0.25, 0.3) is 11.8 Å². The van der Waals surface area contributed by atoms with Gasteiger partial charge in [0.2, 0.25) is 0 Å². The number of aromatic nitrogens is 1. The van der Waals surface area contributed by atoms with E-state index in [4.69, 9.17) is 9.94 Å². The largest absolute Gasteiger partial charge is 0.444 e. The molecule has 4 N–H and O–H groups in total. The number of rotatable bonds is 4. The molecule has 1 heterocycles. The third-order valence-electron chi connectivity index (χ3n) is 3.17. The van der Waals surface area contributed by atoms with Crippen molar-refractivity contribution in [2.45, 2.75) is 26.4 Å². The van der Waals surface area contributed by atoms with Gasteiger partial charge in [-0.3, -0.25) is 25.1 Å². The summed E-state index contributed by atoms with van der Waals surface area (Å²) in [5.74, 6) is -1.27. The first-order chi connectivity index (χ1) is 12.7. The fraction of sp³-hybridized carbons (Fsp3) is 0.222. The summed E-state index contributed by atoms with van der Waals surface area (Å²) in [5, 5.41) is 13.8. The Balaban J connectivity index is 2.12. The minimum absolute atomic E-state index is 0.0407. The lowest BCUT2D eigenvalue weighted by atomic mass is 10.2. The van der Waals surface area contributed by atoms with Crippen LogP contribution in [0.3, 0.4) is 0 Å². The maximum absolute atomic E-state index is 12.4. The van der Waals surface area contributed by atoms with E-state index in [0.717, 1.165) is 0 Å². The van der Waals surface area contributed by atoms with Gasteiger partial charge in [0.05, 0.1) is 16.9 Å². The number of para-hydroxylation sites is 2. The molecule has 0 atom stereocenters. The Bertz CT molecular complexity index is 844. The SMILES string of the molecule is CC(C)(C)OC(=O)Nc1ccccc1NC(=O)c1ccc(C(=O)NO)nc1. The molecule has 0 bridgehead atoms. The number of benzene rings is 1. The number of nitrogens with zero attached hydrogens (tertiary/aromatic N) is 1. The Morgan fingerprint density at radius 2 is 1.59 bits per heavy atom. The van der Waals surface area contributed by atoms with Crippen molar-refractivity contribution >= 4 is 29.3 Å². The number of hydrogen-bond acceptors (Lipinski definition) is 6. The van der Waals surface area contributed by atoms with Crippen LogP contribution in [0.25, 0.3) is 0 Å². The van der Waals surface area contributed by atoms with Crippen molar-refractivity contribution in [1.82, 2.24) is 10.5 Å². The zero-order chi connectivity index (χ0) is 20.0. The number of hydrogen-bond donors (Lipinski definition) is 4. The van der Waals surface area contributed by atoms with Gasteiger partial charge in [-0.05, 0) is 45.0 Å². The summed E-state index contributed by atoms with van der Waals surface area (Å²) in [6.45, 7) is 5.23. The molecule has 0 saturated carbocycles. The number of pyridine rings is 1. The molecule has 9 nitrogen and oxygen atoms in total. The Hall–Kier alpha value is -3.46. The van der Waals surface area contributed by atoms with Crippen LogP contribution in [-0.4, -0.2) is 33.7 Å². The van der Waals surface area contributed by atoms with E-state index in [1.807, 2.05) is 0 Å². The molecule has 27 heavy (non-hydrogen) atoms. The fourth-order valence-electron chi connectivity index (χ4n) is 2.03. The van der Waals surface area contributed by atoms with Crippen molar-refractivity contribution in [1.29, 1.82) is 0 Å². The molecule has 1 aromatic heterocycles. The number of nitrogens with one attached hydrogen (secondary N) is 3. The van der Waals surface area contributed by atoms with Gasteiger partial charge in [-0.25, -0.2) is 10.3 Å². The van der Waals surface area contributed by atoms with Crippen molar-refractivity contribution in [3.8, 4) is 0 Å². The van der Waals surface area contributed by atoms with E-state index in [-0.39, 0.29) is 11.3 Å². The number of hydroxylamine groups is 1. The molecule has 0 spiro atoms. The summed E-state index contributed by atoms with van der Waals surface area (Å²) in [6.07, 6.45) is 0.550. The van der Waals surface area contributed by atoms with Gasteiger partial charge in [0.1, 0.15) is 11.3 Å². The number of anilines is 2. The molecule has 0 unspecified atom stereocenters. The lowest BCUT2D eigenvalue weighted by Crippen LogP contribution is -2.27. The first-order valence-electron chi connectivity index (χ1n) is 8.00. The normalized spacial score (nSPS) is 10.7. The smallest absolute Gasteiger partial charge is 0.412 e. The monoisotopic (exact) mass is 372 g/mol. The molecule has 2 aromatic rings. The number of amides is 3. The molecule has 0 saturated heterocycles. The highest BCUT2D eigenvalue weighted by atomic mass is 16.6. The lowest BCUT2D eigenvalue weighted by Gasteiger charge is -2.20. The van der Waals surface area contributed by atoms with Crippen LogP contribution < -0.4 is 16.1 Å². The highest BCUT2D eigenvalue weighted by molar-refractivity contribution is 6.07. The second kappa shape index (κ2) is 8.28. The molecule has 0 radical (unpaired) electrons. The zero-order valence-electron chi connectivity index (χ0n) is 15.1. The van der Waals surface area contributed by atoms with Crippen LogP contribution in [-0.2, 0) is 4.74 Å². The lowest BCUT2D eigenvalue weighted by molar-refractivity contribution is 0.0635. The van der Waals surface area contributed by atoms with Crippen molar-refractivity contribution in [2.75, 3.05) is 10.6 Å². The minimum Gasteiger partial charge on any atom is -0.444 e. The molecular weight excluding hydrogens is 352 g/mol. The third kappa shape index (κ3) is 5.79. The van der Waals surface area contributed by atoms with Crippen molar-refractivity contribution < 1.29 is 24.3 Å². The molecule has 142 valence electrons. The summed E-state index contributed by atoms with van der Waals surface area (Å²) in [5.41, 5.74) is 1.68. The number of ether oxygens (including phenoxy) is 1. The summed E-state index contributed by atoms with van der Waals surface area (Å²) in [7, 11) is 0. The zero-order valence-corrected chi connectivity index (χ0v) is 15.1. The standard InChI is InChI=1S/C18H20N4O5/c1-18(2,3)27-17(25)21-13-7-5-4-6-12(13)20-15(23)11-8-9-14(19-10-11)16(24)22-26/h4-10,26H,1-3H3,(H,20,23)(H,21,25)(H,22,24). The molecule has 2 rings (SSSR count). The quantitative estimate of drug-likeness (QED) is 0.482. The third-order valence-corrected chi connectivity index (χ3v) is 3.17. The second-order valence-electron chi connectivity index (χ2n) is 6.50. The van der Waals surface area contributed by atoms with Crippen LogP contribution in [0.15, 0.2) is 42.6 Å². The Kier molecular flexibility index (Phi) is 6.09. The Morgan fingerprint density at radius 1 is 0.963 bits per heavy atom. The number of carbonyl (C=O) groups is 3. The van der Waals surface area contributed by atoms with Gasteiger partial charge in [0.15, 0.2) is 0 Å². The average molecular weight is 372 g/mol. The molecule has 3 amide bonds. The van der Waals surface area contributed by atoms with Crippen LogP contribution in [0.4, 0.5) is 16.2 Å². The average Bonchev–Trinajstić information content (AvgIpc) is 2.61. The summed E-state index contributed by atoms with van der Waals surface area (Å²) >= 11 is 0. The van der Waals surface area contributed by atoms with E-state index in [2.05, 4.69) is 15.6 Å². The van der Waals surface area contributed by atoms with Crippen LogP contribution in [0.1, 0.15) is 41.6 Å². The van der Waals surface area contributed by atoms with E-state index in [1.165, 1.54) is 23.8 Å². The summed E-state index contributed by atoms with van der Waals surface area (Å²) < 4.78 is 5.20. The van der Waals surface area contributed by atoms with Crippen molar-refractivity contribution in [3.63, 3.8) is 0 Å². The summed E-state index contributed by atoms with van der Waals surface area (Å²) in [6, 6.07) is 9.31. The van der Waals surface area contributed by atoms with Crippen LogP contribution >= 0.6 is 0 Å². The van der Waals surface area contributed by atoms with E-state index in [1.54, 1.807) is 45.0 Å². The molecule has 0 fully saturated rings. The minimum atomic E-state index is -0.783. The first kappa shape index (κ1) is 19.9. The van der Waals surface area contributed by atoms with E-state index in [9.17, 15) is 14.4 Å². The van der Waals surface area contributed by atoms with Gasteiger partial charge in [-0.15, -0.1) is 0 Å². The first-order valence-corrected chi connectivity index (χ1v) is 8.00. The molecule has 0 aliphatic heterocycles. The van der Waals surface area contributed by atoms with Crippen molar-refractivity contribution in [2.24, 2.45) is 0 Å². The van der Waals surface area contributed by atoms with Crippen LogP contribution in [0, 0.1) is 0 Å². The second-order valence-corrected chi connectivity index (χ2v) is 6.50. The van der Waals surface area contributed by atoms with E-state index >= 15 is 0 Å². The van der Waals surface area contributed by atoms with Gasteiger partial charge >= 0.3 is 6.09 Å².